The first-order valence-corrected chi connectivity index (χ1v) is 8.16. The van der Waals surface area contributed by atoms with E-state index in [4.69, 9.17) is 18.0 Å². The Morgan fingerprint density at radius 1 is 1.44 bits per heavy atom. The number of esters is 1. The molecule has 0 saturated heterocycles. The Balaban J connectivity index is 2.80. The van der Waals surface area contributed by atoms with Crippen molar-refractivity contribution < 1.29 is 14.6 Å². The lowest BCUT2D eigenvalue weighted by atomic mass is 9.97. The van der Waals surface area contributed by atoms with Crippen molar-refractivity contribution in [2.24, 2.45) is 0 Å². The van der Waals surface area contributed by atoms with Gasteiger partial charge in [-0.25, -0.2) is 4.79 Å². The third-order valence-electron chi connectivity index (χ3n) is 3.35. The molecule has 0 saturated carbocycles. The second-order valence-corrected chi connectivity index (χ2v) is 6.25. The van der Waals surface area contributed by atoms with Crippen LogP contribution in [0.2, 0.25) is 5.02 Å². The molecule has 0 unspecified atom stereocenters. The molecule has 1 heterocycles. The van der Waals surface area contributed by atoms with Crippen molar-refractivity contribution in [2.75, 3.05) is 7.11 Å². The summed E-state index contributed by atoms with van der Waals surface area (Å²) in [6.45, 7) is 3.87. The highest BCUT2D eigenvalue weighted by molar-refractivity contribution is 9.15. The quantitative estimate of drug-likeness (QED) is 0.334. The molecule has 2 aromatic rings. The van der Waals surface area contributed by atoms with E-state index in [2.05, 4.69) is 38.2 Å². The van der Waals surface area contributed by atoms with Crippen LogP contribution < -0.4 is 0 Å². The van der Waals surface area contributed by atoms with Gasteiger partial charge in [-0.05, 0) is 29.3 Å². The number of aliphatic hydroxyl groups excluding tert-OH is 1. The van der Waals surface area contributed by atoms with Gasteiger partial charge in [0.15, 0.2) is 11.3 Å². The average Bonchev–Trinajstić information content (AvgIpc) is 2.61. The van der Waals surface area contributed by atoms with E-state index < -0.39 is 11.7 Å². The Labute approximate surface area is 158 Å². The zero-order valence-corrected chi connectivity index (χ0v) is 15.6. The number of hydrogen-bond acceptors (Lipinski definition) is 4. The molecule has 0 amide bonds. The molecule has 2 rings (SSSR count). The molecule has 0 aliphatic rings. The molecule has 0 fully saturated rings. The predicted molar refractivity (Wildman–Crippen MR) is 103 cm³/mol. The van der Waals surface area contributed by atoms with E-state index in [1.165, 1.54) is 13.3 Å². The van der Waals surface area contributed by atoms with Crippen molar-refractivity contribution in [3.63, 3.8) is 0 Å². The zero-order chi connectivity index (χ0) is 18.6. The minimum atomic E-state index is -0.832. The highest BCUT2D eigenvalue weighted by Gasteiger charge is 2.22. The van der Waals surface area contributed by atoms with Crippen LogP contribution in [0.3, 0.4) is 0 Å². The number of rotatable bonds is 4. The molecule has 0 spiro atoms. The van der Waals surface area contributed by atoms with Crippen molar-refractivity contribution in [3.05, 3.63) is 65.0 Å². The maximum Gasteiger partial charge on any atom is 0.350 e. The van der Waals surface area contributed by atoms with E-state index in [0.29, 0.717) is 20.6 Å². The van der Waals surface area contributed by atoms with Gasteiger partial charge in [-0.3, -0.25) is 4.98 Å². The summed E-state index contributed by atoms with van der Waals surface area (Å²) in [4.78, 5) is 15.9. The Kier molecular flexibility index (Phi) is 6.02. The number of carbonyl (C=O) groups is 1. The SMILES string of the molecule is C#C/C(C(=O)OC)=C(/O)c1nccc(-c2cccc(Cl)c2)c1C(=C)Br. The number of pyridine rings is 1. The summed E-state index contributed by atoms with van der Waals surface area (Å²) >= 11 is 9.39. The Hall–Kier alpha value is -2.55. The van der Waals surface area contributed by atoms with Crippen LogP contribution in [-0.4, -0.2) is 23.2 Å². The fraction of sp³-hybridized carbons (Fsp3) is 0.0526. The molecular formula is C19H13BrClNO3. The van der Waals surface area contributed by atoms with Crippen molar-refractivity contribution in [2.45, 2.75) is 0 Å². The number of benzene rings is 1. The first-order valence-electron chi connectivity index (χ1n) is 6.99. The maximum absolute atomic E-state index is 11.8. The molecule has 1 aromatic heterocycles. The van der Waals surface area contributed by atoms with Crippen LogP contribution in [0, 0.1) is 12.3 Å². The normalized spacial score (nSPS) is 11.3. The molecule has 0 bridgehead atoms. The van der Waals surface area contributed by atoms with Gasteiger partial charge in [0.2, 0.25) is 0 Å². The molecule has 1 aromatic carbocycles. The number of methoxy groups -OCH3 is 1. The fourth-order valence-corrected chi connectivity index (χ4v) is 2.85. The van der Waals surface area contributed by atoms with Gasteiger partial charge >= 0.3 is 5.97 Å². The fourth-order valence-electron chi connectivity index (χ4n) is 2.26. The van der Waals surface area contributed by atoms with Gasteiger partial charge < -0.3 is 9.84 Å². The van der Waals surface area contributed by atoms with Gasteiger partial charge in [0.05, 0.1) is 7.11 Å². The molecule has 0 radical (unpaired) electrons. The Morgan fingerprint density at radius 3 is 2.72 bits per heavy atom. The van der Waals surface area contributed by atoms with Crippen molar-refractivity contribution in [1.29, 1.82) is 0 Å². The standard InChI is InChI=1S/C19H13BrClNO3/c1-4-14(19(24)25-3)18(23)17-16(11(2)20)15(8-9-22-17)12-6-5-7-13(21)10-12/h1,5-10,23H,2H2,3H3/b18-14-. The smallest absolute Gasteiger partial charge is 0.350 e. The molecule has 126 valence electrons. The minimum absolute atomic E-state index is 0.109. The number of carbonyl (C=O) groups excluding carboxylic acids is 1. The van der Waals surface area contributed by atoms with Gasteiger partial charge in [-0.15, -0.1) is 6.42 Å². The second kappa shape index (κ2) is 8.02. The number of terminal acetylenes is 1. The van der Waals surface area contributed by atoms with E-state index in [1.54, 1.807) is 24.3 Å². The number of halogens is 2. The topological polar surface area (TPSA) is 59.4 Å². The van der Waals surface area contributed by atoms with Gasteiger partial charge in [0.25, 0.3) is 0 Å². The first kappa shape index (κ1) is 18.8. The summed E-state index contributed by atoms with van der Waals surface area (Å²) in [5, 5.41) is 11.1. The predicted octanol–water partition coefficient (Wildman–Crippen LogP) is 4.84. The van der Waals surface area contributed by atoms with E-state index in [1.807, 2.05) is 6.07 Å². The zero-order valence-electron chi connectivity index (χ0n) is 13.2. The number of aromatic nitrogens is 1. The number of hydrogen-bond donors (Lipinski definition) is 1. The third kappa shape index (κ3) is 3.93. The number of ether oxygens (including phenoxy) is 1. The van der Waals surface area contributed by atoms with Crippen molar-refractivity contribution >= 4 is 43.7 Å². The van der Waals surface area contributed by atoms with Gasteiger partial charge in [-0.1, -0.05) is 52.2 Å². The molecule has 6 heteroatoms. The average molecular weight is 419 g/mol. The van der Waals surface area contributed by atoms with Crippen LogP contribution in [0.25, 0.3) is 21.4 Å². The van der Waals surface area contributed by atoms with E-state index in [9.17, 15) is 9.90 Å². The largest absolute Gasteiger partial charge is 0.504 e. The summed E-state index contributed by atoms with van der Waals surface area (Å²) in [5.74, 6) is 0.838. The molecule has 1 N–H and O–H groups in total. The summed E-state index contributed by atoms with van der Waals surface area (Å²) in [6.07, 6.45) is 6.83. The third-order valence-corrected chi connectivity index (χ3v) is 3.98. The molecule has 0 aliphatic heterocycles. The van der Waals surface area contributed by atoms with E-state index in [0.717, 1.165) is 5.56 Å². The van der Waals surface area contributed by atoms with E-state index in [-0.39, 0.29) is 11.3 Å². The van der Waals surface area contributed by atoms with Crippen molar-refractivity contribution in [3.8, 4) is 23.5 Å². The summed E-state index contributed by atoms with van der Waals surface area (Å²) in [7, 11) is 1.17. The van der Waals surface area contributed by atoms with Crippen LogP contribution >= 0.6 is 27.5 Å². The van der Waals surface area contributed by atoms with Gasteiger partial charge in [-0.2, -0.15) is 0 Å². The lowest BCUT2D eigenvalue weighted by Crippen LogP contribution is -2.08. The Morgan fingerprint density at radius 2 is 2.16 bits per heavy atom. The van der Waals surface area contributed by atoms with Gasteiger partial charge in [0, 0.05) is 21.3 Å². The molecule has 4 nitrogen and oxygen atoms in total. The lowest BCUT2D eigenvalue weighted by Gasteiger charge is -2.14. The molecule has 0 aliphatic carbocycles. The molecule has 0 atom stereocenters. The maximum atomic E-state index is 11.8. The second-order valence-electron chi connectivity index (χ2n) is 4.86. The summed E-state index contributed by atoms with van der Waals surface area (Å²) in [6, 6.07) is 8.92. The Bertz CT molecular complexity index is 929. The van der Waals surface area contributed by atoms with Crippen LogP contribution in [0.4, 0.5) is 0 Å². The van der Waals surface area contributed by atoms with Crippen molar-refractivity contribution in [1.82, 2.24) is 4.98 Å². The highest BCUT2D eigenvalue weighted by Crippen LogP contribution is 2.36. The van der Waals surface area contributed by atoms with Crippen LogP contribution in [0.5, 0.6) is 0 Å². The molecular weight excluding hydrogens is 406 g/mol. The minimum Gasteiger partial charge on any atom is -0.504 e. The first-order chi connectivity index (χ1) is 11.9. The van der Waals surface area contributed by atoms with E-state index >= 15 is 0 Å². The highest BCUT2D eigenvalue weighted by atomic mass is 79.9. The number of aliphatic hydroxyl groups is 1. The summed E-state index contributed by atoms with van der Waals surface area (Å²) in [5.41, 5.74) is 1.77. The molecule has 25 heavy (non-hydrogen) atoms. The monoisotopic (exact) mass is 417 g/mol. The van der Waals surface area contributed by atoms with Crippen LogP contribution in [0.1, 0.15) is 11.3 Å². The van der Waals surface area contributed by atoms with Crippen LogP contribution in [0.15, 0.2) is 48.7 Å². The van der Waals surface area contributed by atoms with Crippen LogP contribution in [-0.2, 0) is 9.53 Å². The number of nitrogens with zero attached hydrogens (tertiary/aromatic N) is 1. The lowest BCUT2D eigenvalue weighted by molar-refractivity contribution is -0.135. The van der Waals surface area contributed by atoms with Gasteiger partial charge in [0.1, 0.15) is 5.69 Å². The summed E-state index contributed by atoms with van der Waals surface area (Å²) < 4.78 is 5.05.